The van der Waals surface area contributed by atoms with Crippen LogP contribution in [0.3, 0.4) is 0 Å². The fourth-order valence-electron chi connectivity index (χ4n) is 2.77. The Morgan fingerprint density at radius 2 is 2.04 bits per heavy atom. The normalized spacial score (nSPS) is 10.3. The van der Waals surface area contributed by atoms with Gasteiger partial charge in [-0.05, 0) is 42.0 Å². The van der Waals surface area contributed by atoms with E-state index in [0.717, 1.165) is 10.9 Å². The average molecular weight is 392 g/mol. The Morgan fingerprint density at radius 1 is 1.25 bits per heavy atom. The molecular weight excluding hydrogens is 374 g/mol. The highest BCUT2D eigenvalue weighted by atomic mass is 35.5. The molecule has 28 heavy (non-hydrogen) atoms. The molecule has 5 nitrogen and oxygen atoms in total. The number of nitrogens with zero attached hydrogens (tertiary/aromatic N) is 3. The lowest BCUT2D eigenvalue weighted by atomic mass is 10.1. The molecule has 1 amide bonds. The third kappa shape index (κ3) is 4.48. The van der Waals surface area contributed by atoms with Crippen molar-refractivity contribution in [2.45, 2.75) is 6.54 Å². The van der Waals surface area contributed by atoms with E-state index in [1.54, 1.807) is 47.5 Å². The molecular formula is C22H18ClN3O2. The molecule has 6 heteroatoms. The number of pyridine rings is 1. The fourth-order valence-corrected chi connectivity index (χ4v) is 2.99. The summed E-state index contributed by atoms with van der Waals surface area (Å²) in [5.74, 6) is 0.327. The maximum atomic E-state index is 12.7. The van der Waals surface area contributed by atoms with Crippen LogP contribution in [0.1, 0.15) is 11.1 Å². The second kappa shape index (κ2) is 9.03. The van der Waals surface area contributed by atoms with Gasteiger partial charge in [0, 0.05) is 24.7 Å². The number of halogens is 1. The van der Waals surface area contributed by atoms with Crippen LogP contribution in [0.5, 0.6) is 5.75 Å². The zero-order valence-electron chi connectivity index (χ0n) is 15.1. The number of carbonyl (C=O) groups is 1. The summed E-state index contributed by atoms with van der Waals surface area (Å²) in [5.41, 5.74) is 2.12. The number of amides is 1. The van der Waals surface area contributed by atoms with Crippen LogP contribution in [0, 0.1) is 11.3 Å². The highest BCUT2D eigenvalue weighted by Gasteiger charge is 2.15. The molecule has 0 bridgehead atoms. The van der Waals surface area contributed by atoms with Crippen molar-refractivity contribution < 1.29 is 9.53 Å². The molecule has 3 aromatic rings. The highest BCUT2D eigenvalue weighted by Crippen LogP contribution is 2.29. The first-order chi connectivity index (χ1) is 13.6. The molecule has 2 aromatic carbocycles. The summed E-state index contributed by atoms with van der Waals surface area (Å²) >= 11 is 6.19. The minimum absolute atomic E-state index is 0.128. The van der Waals surface area contributed by atoms with Gasteiger partial charge in [0.2, 0.25) is 0 Å². The highest BCUT2D eigenvalue weighted by molar-refractivity contribution is 6.35. The van der Waals surface area contributed by atoms with Gasteiger partial charge in [0.25, 0.3) is 5.91 Å². The lowest BCUT2D eigenvalue weighted by molar-refractivity contribution is -0.133. The second-order valence-electron chi connectivity index (χ2n) is 6.11. The quantitative estimate of drug-likeness (QED) is 0.561. The molecule has 0 aliphatic carbocycles. The standard InChI is InChI=1S/C22H18ClN3O2/c1-2-12-26(14-17-7-5-16(13-24)6-8-17)21(27)15-28-20-10-9-19(23)18-4-3-11-25-22(18)20/h2-11H,1,12,14-15H2. The fraction of sp³-hybridized carbons (Fsp3) is 0.136. The van der Waals surface area contributed by atoms with Crippen molar-refractivity contribution in [3.05, 3.63) is 83.5 Å². The first-order valence-electron chi connectivity index (χ1n) is 8.66. The van der Waals surface area contributed by atoms with Gasteiger partial charge in [-0.15, -0.1) is 6.58 Å². The second-order valence-corrected chi connectivity index (χ2v) is 6.51. The number of nitriles is 1. The minimum atomic E-state index is -0.178. The largest absolute Gasteiger partial charge is 0.481 e. The Labute approximate surface area is 168 Å². The molecule has 0 spiro atoms. The van der Waals surface area contributed by atoms with Crippen molar-refractivity contribution in [2.24, 2.45) is 0 Å². The predicted molar refractivity (Wildman–Crippen MR) is 109 cm³/mol. The molecule has 0 radical (unpaired) electrons. The van der Waals surface area contributed by atoms with Gasteiger partial charge in [-0.25, -0.2) is 0 Å². The number of ether oxygens (including phenoxy) is 1. The van der Waals surface area contributed by atoms with E-state index in [4.69, 9.17) is 21.6 Å². The Hall–Kier alpha value is -3.36. The van der Waals surface area contributed by atoms with E-state index in [1.165, 1.54) is 0 Å². The van der Waals surface area contributed by atoms with Gasteiger partial charge in [0.1, 0.15) is 11.3 Å². The Balaban J connectivity index is 1.71. The maximum absolute atomic E-state index is 12.7. The van der Waals surface area contributed by atoms with Crippen molar-refractivity contribution in [3.63, 3.8) is 0 Å². The summed E-state index contributed by atoms with van der Waals surface area (Å²) in [6, 6.07) is 16.3. The summed E-state index contributed by atoms with van der Waals surface area (Å²) in [6.07, 6.45) is 3.32. The molecule has 0 saturated carbocycles. The lowest BCUT2D eigenvalue weighted by Crippen LogP contribution is -2.34. The Morgan fingerprint density at radius 3 is 2.75 bits per heavy atom. The molecule has 0 N–H and O–H groups in total. The maximum Gasteiger partial charge on any atom is 0.261 e. The van der Waals surface area contributed by atoms with Crippen LogP contribution in [0.4, 0.5) is 0 Å². The summed E-state index contributed by atoms with van der Waals surface area (Å²) in [6.45, 7) is 4.38. The number of aromatic nitrogens is 1. The van der Waals surface area contributed by atoms with Crippen LogP contribution in [-0.4, -0.2) is 28.9 Å². The van der Waals surface area contributed by atoms with Crippen molar-refractivity contribution >= 4 is 28.4 Å². The molecule has 0 saturated heterocycles. The van der Waals surface area contributed by atoms with E-state index in [-0.39, 0.29) is 12.5 Å². The Bertz CT molecular complexity index is 1040. The van der Waals surface area contributed by atoms with Crippen molar-refractivity contribution in [3.8, 4) is 11.8 Å². The van der Waals surface area contributed by atoms with E-state index in [2.05, 4.69) is 17.6 Å². The number of benzene rings is 2. The number of hydrogen-bond donors (Lipinski definition) is 0. The van der Waals surface area contributed by atoms with Gasteiger partial charge < -0.3 is 9.64 Å². The van der Waals surface area contributed by atoms with Crippen LogP contribution in [0.15, 0.2) is 67.4 Å². The summed E-state index contributed by atoms with van der Waals surface area (Å²) < 4.78 is 5.75. The van der Waals surface area contributed by atoms with Crippen molar-refractivity contribution in [1.29, 1.82) is 5.26 Å². The molecule has 0 aliphatic rings. The molecule has 0 fully saturated rings. The number of carbonyl (C=O) groups excluding carboxylic acids is 1. The first kappa shape index (κ1) is 19.4. The average Bonchev–Trinajstić information content (AvgIpc) is 2.73. The van der Waals surface area contributed by atoms with E-state index >= 15 is 0 Å². The molecule has 1 heterocycles. The van der Waals surface area contributed by atoms with Gasteiger partial charge in [0.05, 0.1) is 16.7 Å². The SMILES string of the molecule is C=CCN(Cc1ccc(C#N)cc1)C(=O)COc1ccc(Cl)c2cccnc12. The zero-order valence-corrected chi connectivity index (χ0v) is 15.9. The third-order valence-corrected chi connectivity index (χ3v) is 4.52. The molecule has 1 aromatic heterocycles. The van der Waals surface area contributed by atoms with E-state index in [1.807, 2.05) is 18.2 Å². The van der Waals surface area contributed by atoms with Crippen LogP contribution < -0.4 is 4.74 Å². The van der Waals surface area contributed by atoms with Crippen LogP contribution >= 0.6 is 11.6 Å². The van der Waals surface area contributed by atoms with Crippen LogP contribution in [-0.2, 0) is 11.3 Å². The summed E-state index contributed by atoms with van der Waals surface area (Å²) in [5, 5.41) is 10.2. The number of hydrogen-bond acceptors (Lipinski definition) is 4. The topological polar surface area (TPSA) is 66.2 Å². The van der Waals surface area contributed by atoms with Gasteiger partial charge in [-0.3, -0.25) is 9.78 Å². The monoisotopic (exact) mass is 391 g/mol. The number of rotatable bonds is 7. The molecule has 3 rings (SSSR count). The van der Waals surface area contributed by atoms with Gasteiger partial charge in [-0.2, -0.15) is 5.26 Å². The third-order valence-electron chi connectivity index (χ3n) is 4.19. The van der Waals surface area contributed by atoms with Crippen molar-refractivity contribution in [2.75, 3.05) is 13.2 Å². The molecule has 140 valence electrons. The van der Waals surface area contributed by atoms with E-state index < -0.39 is 0 Å². The van der Waals surface area contributed by atoms with Crippen LogP contribution in [0.25, 0.3) is 10.9 Å². The summed E-state index contributed by atoms with van der Waals surface area (Å²) in [7, 11) is 0. The van der Waals surface area contributed by atoms with Gasteiger partial charge in [0.15, 0.2) is 6.61 Å². The molecule has 0 unspecified atom stereocenters. The summed E-state index contributed by atoms with van der Waals surface area (Å²) in [4.78, 5) is 18.6. The lowest BCUT2D eigenvalue weighted by Gasteiger charge is -2.21. The van der Waals surface area contributed by atoms with Crippen LogP contribution in [0.2, 0.25) is 5.02 Å². The molecule has 0 atom stereocenters. The predicted octanol–water partition coefficient (Wildman–Crippen LogP) is 4.35. The van der Waals surface area contributed by atoms with E-state index in [9.17, 15) is 4.79 Å². The minimum Gasteiger partial charge on any atom is -0.481 e. The van der Waals surface area contributed by atoms with Crippen molar-refractivity contribution in [1.82, 2.24) is 9.88 Å². The zero-order chi connectivity index (χ0) is 19.9. The number of fused-ring (bicyclic) bond motifs is 1. The Kier molecular flexibility index (Phi) is 6.25. The smallest absolute Gasteiger partial charge is 0.261 e. The first-order valence-corrected chi connectivity index (χ1v) is 9.04. The van der Waals surface area contributed by atoms with E-state index in [0.29, 0.717) is 34.9 Å². The molecule has 0 aliphatic heterocycles. The van der Waals surface area contributed by atoms with Gasteiger partial charge >= 0.3 is 0 Å². The van der Waals surface area contributed by atoms with Gasteiger partial charge in [-0.1, -0.05) is 29.8 Å².